The van der Waals surface area contributed by atoms with Crippen LogP contribution in [0.4, 0.5) is 0 Å². The lowest BCUT2D eigenvalue weighted by Gasteiger charge is -2.30. The zero-order valence-corrected chi connectivity index (χ0v) is 22.4. The molecule has 0 unspecified atom stereocenters. The Bertz CT molecular complexity index is 854. The Balaban J connectivity index is 2.96. The first-order valence-corrected chi connectivity index (χ1v) is 12.5. The van der Waals surface area contributed by atoms with E-state index in [0.717, 1.165) is 5.56 Å². The Labute approximate surface area is 213 Å². The molecule has 8 nitrogen and oxygen atoms in total. The van der Waals surface area contributed by atoms with Gasteiger partial charge in [-0.05, 0) is 56.7 Å². The highest BCUT2D eigenvalue weighted by Crippen LogP contribution is 2.25. The summed E-state index contributed by atoms with van der Waals surface area (Å²) in [6.45, 7) is 11.3. The van der Waals surface area contributed by atoms with E-state index in [4.69, 9.17) is 21.1 Å². The number of hydrogen-bond acceptors (Lipinski definition) is 6. The number of amides is 2. The van der Waals surface area contributed by atoms with Crippen molar-refractivity contribution < 1.29 is 28.7 Å². The molecule has 35 heavy (non-hydrogen) atoms. The van der Waals surface area contributed by atoms with Crippen molar-refractivity contribution in [3.05, 3.63) is 34.9 Å². The van der Waals surface area contributed by atoms with Crippen molar-refractivity contribution in [3.8, 4) is 0 Å². The van der Waals surface area contributed by atoms with E-state index in [0.29, 0.717) is 24.5 Å². The molecular formula is C26H39ClN2O6. The fourth-order valence-electron chi connectivity index (χ4n) is 3.22. The Morgan fingerprint density at radius 2 is 1.51 bits per heavy atom. The maximum atomic E-state index is 13.2. The van der Waals surface area contributed by atoms with Crippen molar-refractivity contribution in [2.75, 3.05) is 13.2 Å². The topological polar surface area (TPSA) is 111 Å². The number of benzene rings is 1. The van der Waals surface area contributed by atoms with Crippen molar-refractivity contribution in [1.82, 2.24) is 10.6 Å². The first kappa shape index (κ1) is 30.4. The third-order valence-corrected chi connectivity index (χ3v) is 5.78. The molecule has 2 amide bonds. The van der Waals surface area contributed by atoms with Crippen LogP contribution in [0.25, 0.3) is 0 Å². The molecule has 2 N–H and O–H groups in total. The Kier molecular flexibility index (Phi) is 12.8. The predicted molar refractivity (Wildman–Crippen MR) is 135 cm³/mol. The molecular weight excluding hydrogens is 472 g/mol. The van der Waals surface area contributed by atoms with Gasteiger partial charge in [0.05, 0.1) is 18.6 Å². The molecule has 0 aliphatic carbocycles. The van der Waals surface area contributed by atoms with Gasteiger partial charge in [0.25, 0.3) is 0 Å². The minimum absolute atomic E-state index is 0.0336. The zero-order chi connectivity index (χ0) is 26.6. The van der Waals surface area contributed by atoms with Gasteiger partial charge in [-0.15, -0.1) is 0 Å². The molecule has 0 aromatic heterocycles. The molecule has 1 rings (SSSR count). The fraction of sp³-hybridized carbons (Fsp3) is 0.615. The van der Waals surface area contributed by atoms with Crippen LogP contribution < -0.4 is 10.6 Å². The van der Waals surface area contributed by atoms with Gasteiger partial charge in [-0.25, -0.2) is 4.79 Å². The van der Waals surface area contributed by atoms with Gasteiger partial charge in [-0.3, -0.25) is 14.4 Å². The van der Waals surface area contributed by atoms with Gasteiger partial charge in [0.15, 0.2) is 0 Å². The van der Waals surface area contributed by atoms with Crippen LogP contribution in [0.3, 0.4) is 0 Å². The zero-order valence-electron chi connectivity index (χ0n) is 21.6. The summed E-state index contributed by atoms with van der Waals surface area (Å²) in [7, 11) is 0. The van der Waals surface area contributed by atoms with Gasteiger partial charge in [-0.1, -0.05) is 51.4 Å². The first-order chi connectivity index (χ1) is 16.4. The normalized spacial score (nSPS) is 13.0. The Hall–Kier alpha value is -2.61. The number of nitrogens with one attached hydrogen (secondary N) is 2. The quantitative estimate of drug-likeness (QED) is 0.367. The Morgan fingerprint density at radius 1 is 0.943 bits per heavy atom. The van der Waals surface area contributed by atoms with Crippen molar-refractivity contribution in [2.45, 2.75) is 84.7 Å². The number of esters is 2. The van der Waals surface area contributed by atoms with Crippen LogP contribution in [0.5, 0.6) is 0 Å². The summed E-state index contributed by atoms with van der Waals surface area (Å²) in [6.07, 6.45) is 1.29. The van der Waals surface area contributed by atoms with Gasteiger partial charge in [0.1, 0.15) is 12.1 Å². The highest BCUT2D eigenvalue weighted by atomic mass is 35.5. The van der Waals surface area contributed by atoms with E-state index in [9.17, 15) is 19.2 Å². The monoisotopic (exact) mass is 510 g/mol. The standard InChI is InChI=1S/C26H39ClN2O6/c1-7-15-34-21(30)14-13-20(24(32)35-16-8-2)28-23(31)22(17(3)4)29-25(33)26(5,6)18-9-11-19(27)12-10-18/h9-12,17,20,22H,7-8,13-16H2,1-6H3,(H,28,31)(H,29,33)/t20-,22+/m1/s1. The molecule has 0 fully saturated rings. The lowest BCUT2D eigenvalue weighted by Crippen LogP contribution is -2.56. The van der Waals surface area contributed by atoms with E-state index in [1.165, 1.54) is 0 Å². The largest absolute Gasteiger partial charge is 0.466 e. The summed E-state index contributed by atoms with van der Waals surface area (Å²) in [4.78, 5) is 50.8. The number of hydrogen-bond donors (Lipinski definition) is 2. The summed E-state index contributed by atoms with van der Waals surface area (Å²) in [5, 5.41) is 6.05. The second kappa shape index (κ2) is 14.7. The minimum atomic E-state index is -1.04. The average molecular weight is 511 g/mol. The SMILES string of the molecule is CCCOC(=O)CC[C@@H](NC(=O)[C@@H](NC(=O)C(C)(C)c1ccc(Cl)cc1)C(C)C)C(=O)OCCC. The van der Waals surface area contributed by atoms with E-state index in [1.54, 1.807) is 52.0 Å². The number of carbonyl (C=O) groups is 4. The molecule has 2 atom stereocenters. The van der Waals surface area contributed by atoms with Gasteiger partial charge in [0.2, 0.25) is 11.8 Å². The van der Waals surface area contributed by atoms with E-state index < -0.39 is 35.3 Å². The fourth-order valence-corrected chi connectivity index (χ4v) is 3.34. The molecule has 196 valence electrons. The van der Waals surface area contributed by atoms with Crippen molar-refractivity contribution in [3.63, 3.8) is 0 Å². The number of rotatable bonds is 14. The van der Waals surface area contributed by atoms with Gasteiger partial charge >= 0.3 is 11.9 Å². The third-order valence-electron chi connectivity index (χ3n) is 5.52. The molecule has 0 saturated carbocycles. The minimum Gasteiger partial charge on any atom is -0.466 e. The molecule has 0 spiro atoms. The van der Waals surface area contributed by atoms with Crippen LogP contribution in [-0.2, 0) is 34.1 Å². The molecule has 0 radical (unpaired) electrons. The van der Waals surface area contributed by atoms with Gasteiger partial charge < -0.3 is 20.1 Å². The number of halogens is 1. The van der Waals surface area contributed by atoms with E-state index in [-0.39, 0.29) is 31.3 Å². The van der Waals surface area contributed by atoms with E-state index >= 15 is 0 Å². The third kappa shape index (κ3) is 9.88. The number of ether oxygens (including phenoxy) is 2. The van der Waals surface area contributed by atoms with Gasteiger partial charge in [-0.2, -0.15) is 0 Å². The maximum Gasteiger partial charge on any atom is 0.328 e. The number of carbonyl (C=O) groups excluding carboxylic acids is 4. The van der Waals surface area contributed by atoms with Crippen LogP contribution in [0.2, 0.25) is 5.02 Å². The molecule has 0 aliphatic heterocycles. The molecule has 0 saturated heterocycles. The summed E-state index contributed by atoms with van der Waals surface area (Å²) in [5.41, 5.74) is -0.186. The molecule has 0 aliphatic rings. The van der Waals surface area contributed by atoms with E-state index in [2.05, 4.69) is 10.6 Å². The smallest absolute Gasteiger partial charge is 0.328 e. The second-order valence-electron chi connectivity index (χ2n) is 9.31. The van der Waals surface area contributed by atoms with Crippen molar-refractivity contribution in [2.24, 2.45) is 5.92 Å². The highest BCUT2D eigenvalue weighted by molar-refractivity contribution is 6.30. The molecule has 1 aromatic carbocycles. The van der Waals surface area contributed by atoms with Crippen LogP contribution in [0, 0.1) is 5.92 Å². The summed E-state index contributed by atoms with van der Waals surface area (Å²) in [5.74, 6) is -2.21. The second-order valence-corrected chi connectivity index (χ2v) is 9.75. The van der Waals surface area contributed by atoms with Crippen LogP contribution in [0.1, 0.15) is 72.8 Å². The van der Waals surface area contributed by atoms with Crippen molar-refractivity contribution in [1.29, 1.82) is 0 Å². The maximum absolute atomic E-state index is 13.2. The van der Waals surface area contributed by atoms with Crippen LogP contribution in [-0.4, -0.2) is 49.1 Å². The Morgan fingerprint density at radius 3 is 2.06 bits per heavy atom. The lowest BCUT2D eigenvalue weighted by molar-refractivity contribution is -0.149. The summed E-state index contributed by atoms with van der Waals surface area (Å²) < 4.78 is 10.3. The van der Waals surface area contributed by atoms with Crippen LogP contribution in [0.15, 0.2) is 24.3 Å². The molecule has 1 aromatic rings. The van der Waals surface area contributed by atoms with E-state index in [1.807, 2.05) is 13.8 Å². The van der Waals surface area contributed by atoms with Crippen LogP contribution >= 0.6 is 11.6 Å². The summed E-state index contributed by atoms with van der Waals surface area (Å²) >= 11 is 5.96. The highest BCUT2D eigenvalue weighted by Gasteiger charge is 2.35. The average Bonchev–Trinajstić information content (AvgIpc) is 2.81. The molecule has 0 heterocycles. The first-order valence-electron chi connectivity index (χ1n) is 12.1. The molecule has 9 heteroatoms. The summed E-state index contributed by atoms with van der Waals surface area (Å²) in [6, 6.07) is 5.01. The lowest BCUT2D eigenvalue weighted by atomic mass is 9.83. The predicted octanol–water partition coefficient (Wildman–Crippen LogP) is 3.93. The molecule has 0 bridgehead atoms. The van der Waals surface area contributed by atoms with Crippen molar-refractivity contribution >= 4 is 35.4 Å². The van der Waals surface area contributed by atoms with Gasteiger partial charge in [0, 0.05) is 11.4 Å².